The van der Waals surface area contributed by atoms with E-state index in [0.29, 0.717) is 11.3 Å². The van der Waals surface area contributed by atoms with Crippen molar-refractivity contribution >= 4 is 9.84 Å². The van der Waals surface area contributed by atoms with Crippen molar-refractivity contribution in [2.75, 3.05) is 7.11 Å². The van der Waals surface area contributed by atoms with Crippen LogP contribution < -0.4 is 4.74 Å². The third-order valence-corrected chi connectivity index (χ3v) is 5.63. The maximum absolute atomic E-state index is 12.5. The molecule has 112 valence electrons. The molecule has 0 saturated heterocycles. The van der Waals surface area contributed by atoms with E-state index < -0.39 is 21.2 Å². The SMILES string of the molecule is COc1ccc(C(O)C(C)S(=O)(=O)c2ccccc2)cc1. The molecule has 2 unspecified atom stereocenters. The molecule has 2 rings (SSSR count). The summed E-state index contributed by atoms with van der Waals surface area (Å²) in [6, 6.07) is 14.9. The van der Waals surface area contributed by atoms with Gasteiger partial charge in [0.25, 0.3) is 0 Å². The molecule has 0 aliphatic heterocycles. The predicted octanol–water partition coefficient (Wildman–Crippen LogP) is 2.59. The monoisotopic (exact) mass is 306 g/mol. The number of aliphatic hydroxyl groups is 1. The molecule has 2 atom stereocenters. The zero-order valence-corrected chi connectivity index (χ0v) is 12.7. The van der Waals surface area contributed by atoms with Crippen molar-refractivity contribution in [1.82, 2.24) is 0 Å². The first-order valence-corrected chi connectivity index (χ1v) is 8.12. The van der Waals surface area contributed by atoms with Crippen LogP contribution in [-0.4, -0.2) is 25.9 Å². The van der Waals surface area contributed by atoms with Crippen LogP contribution in [-0.2, 0) is 9.84 Å². The van der Waals surface area contributed by atoms with Crippen LogP contribution in [0.15, 0.2) is 59.5 Å². The van der Waals surface area contributed by atoms with Crippen molar-refractivity contribution in [3.05, 3.63) is 60.2 Å². The summed E-state index contributed by atoms with van der Waals surface area (Å²) in [6.45, 7) is 1.51. The van der Waals surface area contributed by atoms with Crippen molar-refractivity contribution in [2.24, 2.45) is 0 Å². The van der Waals surface area contributed by atoms with Crippen LogP contribution in [0.1, 0.15) is 18.6 Å². The fourth-order valence-corrected chi connectivity index (χ4v) is 3.53. The number of hydrogen-bond acceptors (Lipinski definition) is 4. The van der Waals surface area contributed by atoms with Gasteiger partial charge in [-0.1, -0.05) is 30.3 Å². The lowest BCUT2D eigenvalue weighted by Crippen LogP contribution is -2.25. The average molecular weight is 306 g/mol. The van der Waals surface area contributed by atoms with E-state index in [0.717, 1.165) is 0 Å². The number of rotatable bonds is 5. The molecule has 0 aliphatic carbocycles. The van der Waals surface area contributed by atoms with Gasteiger partial charge in [0.05, 0.1) is 23.4 Å². The molecule has 0 heterocycles. The minimum absolute atomic E-state index is 0.213. The number of aliphatic hydroxyl groups excluding tert-OH is 1. The van der Waals surface area contributed by atoms with Gasteiger partial charge in [0.15, 0.2) is 9.84 Å². The van der Waals surface area contributed by atoms with Gasteiger partial charge in [-0.3, -0.25) is 0 Å². The topological polar surface area (TPSA) is 63.6 Å². The number of sulfone groups is 1. The first-order chi connectivity index (χ1) is 9.96. The molecule has 2 aromatic carbocycles. The molecule has 0 saturated carbocycles. The van der Waals surface area contributed by atoms with Gasteiger partial charge in [-0.2, -0.15) is 0 Å². The van der Waals surface area contributed by atoms with E-state index in [1.807, 2.05) is 0 Å². The summed E-state index contributed by atoms with van der Waals surface area (Å²) in [5.41, 5.74) is 0.544. The van der Waals surface area contributed by atoms with E-state index in [1.54, 1.807) is 49.6 Å². The summed E-state index contributed by atoms with van der Waals surface area (Å²) < 4.78 is 30.0. The lowest BCUT2D eigenvalue weighted by molar-refractivity contribution is 0.176. The van der Waals surface area contributed by atoms with Crippen molar-refractivity contribution < 1.29 is 18.3 Å². The fourth-order valence-electron chi connectivity index (χ4n) is 2.07. The third-order valence-electron chi connectivity index (χ3n) is 3.46. The average Bonchev–Trinajstić information content (AvgIpc) is 2.54. The summed E-state index contributed by atoms with van der Waals surface area (Å²) in [4.78, 5) is 0.213. The van der Waals surface area contributed by atoms with E-state index in [1.165, 1.54) is 19.1 Å². The Hall–Kier alpha value is -1.85. The molecule has 0 aliphatic rings. The van der Waals surface area contributed by atoms with Crippen LogP contribution in [0, 0.1) is 0 Å². The van der Waals surface area contributed by atoms with Crippen LogP contribution in [0.2, 0.25) is 0 Å². The molecule has 0 fully saturated rings. The van der Waals surface area contributed by atoms with Gasteiger partial charge in [-0.25, -0.2) is 8.42 Å². The molecular formula is C16H18O4S. The molecule has 4 nitrogen and oxygen atoms in total. The Labute approximate surface area is 124 Å². The van der Waals surface area contributed by atoms with Gasteiger partial charge in [0.1, 0.15) is 5.75 Å². The molecule has 5 heteroatoms. The zero-order valence-electron chi connectivity index (χ0n) is 11.9. The van der Waals surface area contributed by atoms with E-state index in [9.17, 15) is 13.5 Å². The maximum Gasteiger partial charge on any atom is 0.183 e. The molecule has 21 heavy (non-hydrogen) atoms. The molecule has 1 N–H and O–H groups in total. The van der Waals surface area contributed by atoms with Crippen molar-refractivity contribution in [1.29, 1.82) is 0 Å². The second-order valence-corrected chi connectivity index (χ2v) is 7.09. The number of ether oxygens (including phenoxy) is 1. The van der Waals surface area contributed by atoms with Gasteiger partial charge < -0.3 is 9.84 Å². The Balaban J connectivity index is 2.27. The Morgan fingerprint density at radius 3 is 2.10 bits per heavy atom. The van der Waals surface area contributed by atoms with Gasteiger partial charge in [-0.05, 0) is 36.8 Å². The van der Waals surface area contributed by atoms with Gasteiger partial charge in [0.2, 0.25) is 0 Å². The van der Waals surface area contributed by atoms with E-state index in [4.69, 9.17) is 4.74 Å². The first kappa shape index (κ1) is 15.5. The third kappa shape index (κ3) is 3.25. The summed E-state index contributed by atoms with van der Waals surface area (Å²) in [6.07, 6.45) is -1.10. The predicted molar refractivity (Wildman–Crippen MR) is 81.0 cm³/mol. The van der Waals surface area contributed by atoms with Crippen LogP contribution in [0.25, 0.3) is 0 Å². The molecule has 2 aromatic rings. The summed E-state index contributed by atoms with van der Waals surface area (Å²) in [5, 5.41) is 9.39. The summed E-state index contributed by atoms with van der Waals surface area (Å²) in [7, 11) is -2.03. The van der Waals surface area contributed by atoms with Gasteiger partial charge >= 0.3 is 0 Å². The smallest absolute Gasteiger partial charge is 0.183 e. The van der Waals surface area contributed by atoms with Gasteiger partial charge in [-0.15, -0.1) is 0 Å². The number of methoxy groups -OCH3 is 1. The summed E-state index contributed by atoms with van der Waals surface area (Å²) >= 11 is 0. The highest BCUT2D eigenvalue weighted by atomic mass is 32.2. The lowest BCUT2D eigenvalue weighted by Gasteiger charge is -2.20. The van der Waals surface area contributed by atoms with Gasteiger partial charge in [0, 0.05) is 0 Å². The van der Waals surface area contributed by atoms with Crippen molar-refractivity contribution in [2.45, 2.75) is 23.2 Å². The van der Waals surface area contributed by atoms with Crippen LogP contribution in [0.5, 0.6) is 5.75 Å². The highest BCUT2D eigenvalue weighted by molar-refractivity contribution is 7.92. The Kier molecular flexibility index (Phi) is 4.65. The standard InChI is InChI=1S/C16H18O4S/c1-12(21(18,19)15-6-4-3-5-7-15)16(17)13-8-10-14(20-2)11-9-13/h3-12,16-17H,1-2H3. The molecule has 0 aromatic heterocycles. The zero-order chi connectivity index (χ0) is 15.5. The van der Waals surface area contributed by atoms with E-state index >= 15 is 0 Å². The first-order valence-electron chi connectivity index (χ1n) is 6.58. The minimum Gasteiger partial charge on any atom is -0.497 e. The maximum atomic E-state index is 12.5. The van der Waals surface area contributed by atoms with E-state index in [2.05, 4.69) is 0 Å². The second kappa shape index (κ2) is 6.28. The molecule has 0 bridgehead atoms. The normalized spacial score (nSPS) is 14.4. The molecule has 0 radical (unpaired) electrons. The molecular weight excluding hydrogens is 288 g/mol. The molecule has 0 amide bonds. The Bertz CT molecular complexity index is 678. The Morgan fingerprint density at radius 1 is 1.00 bits per heavy atom. The van der Waals surface area contributed by atoms with E-state index in [-0.39, 0.29) is 4.90 Å². The van der Waals surface area contributed by atoms with Crippen molar-refractivity contribution in [3.63, 3.8) is 0 Å². The number of hydrogen-bond donors (Lipinski definition) is 1. The number of benzene rings is 2. The Morgan fingerprint density at radius 2 is 1.57 bits per heavy atom. The highest BCUT2D eigenvalue weighted by Gasteiger charge is 2.30. The highest BCUT2D eigenvalue weighted by Crippen LogP contribution is 2.27. The quantitative estimate of drug-likeness (QED) is 0.922. The largest absolute Gasteiger partial charge is 0.497 e. The van der Waals surface area contributed by atoms with Crippen LogP contribution in [0.4, 0.5) is 0 Å². The lowest BCUT2D eigenvalue weighted by atomic mass is 10.1. The second-order valence-electron chi connectivity index (χ2n) is 4.78. The van der Waals surface area contributed by atoms with Crippen LogP contribution in [0.3, 0.4) is 0 Å². The molecule has 0 spiro atoms. The van der Waals surface area contributed by atoms with Crippen LogP contribution >= 0.6 is 0 Å². The fraction of sp³-hybridized carbons (Fsp3) is 0.250. The summed E-state index contributed by atoms with van der Waals surface area (Å²) in [5.74, 6) is 0.657. The van der Waals surface area contributed by atoms with Crippen molar-refractivity contribution in [3.8, 4) is 5.75 Å². The minimum atomic E-state index is -3.58.